The summed E-state index contributed by atoms with van der Waals surface area (Å²) in [5.74, 6) is 4.81. The fourth-order valence-electron chi connectivity index (χ4n) is 14.8. The van der Waals surface area contributed by atoms with Gasteiger partial charge in [0.05, 0.1) is 84.7 Å². The molecule has 5 aromatic carbocycles. The van der Waals surface area contributed by atoms with Crippen LogP contribution in [0, 0.1) is 11.8 Å². The SMILES string of the molecule is CCOc1ccc(-c2cc(O[C@H](C)[C@H]3CNC(=O)C3)c3cccnc3c2)cn1.COc1cccc(-c2cc(OCc3ncccc3C(N)=O)c3cccnc3c2)c1.C[C@@H](Oc1cc(-c2ccc(OC3CCOCC3)nc2)cc2ncccc12)[C@H]1CNC(=O)C1.NC(=O)c1cccnc1COc1cc(-c2ccc(OC3CCOCC3)nc2)cc2ncccc12. The molecule has 18 rings (SSSR count). The summed E-state index contributed by atoms with van der Waals surface area (Å²) in [6.07, 6.45) is 20.3. The topological polar surface area (TPSA) is 353 Å². The number of carbonyl (C=O) groups excluding carboxylic acids is 4. The highest BCUT2D eigenvalue weighted by atomic mass is 16.5. The number of aromatic nitrogens is 9. The summed E-state index contributed by atoms with van der Waals surface area (Å²) < 4.78 is 58.4. The minimum Gasteiger partial charge on any atom is -0.497 e. The lowest BCUT2D eigenvalue weighted by molar-refractivity contribution is -0.120. The number of hydrogen-bond donors (Lipinski definition) is 4. The van der Waals surface area contributed by atoms with E-state index in [1.807, 2.05) is 185 Å². The quantitative estimate of drug-likeness (QED) is 0.0413. The third kappa shape index (κ3) is 21.5. The molecule has 9 aromatic heterocycles. The molecule has 27 nitrogen and oxygen atoms in total. The highest BCUT2D eigenvalue weighted by molar-refractivity contribution is 5.96. The van der Waals surface area contributed by atoms with Gasteiger partial charge in [-0.2, -0.15) is 0 Å². The Balaban J connectivity index is 0.000000128. The number of primary amides is 2. The van der Waals surface area contributed by atoms with Crippen LogP contribution < -0.4 is 60.0 Å². The molecule has 4 saturated heterocycles. The predicted octanol–water partition coefficient (Wildman–Crippen LogP) is 15.3. The maximum atomic E-state index is 11.7. The molecule has 4 fully saturated rings. The first kappa shape index (κ1) is 83.7. The zero-order chi connectivity index (χ0) is 85.0. The van der Waals surface area contributed by atoms with E-state index in [4.69, 9.17) is 58.8 Å². The highest BCUT2D eigenvalue weighted by Gasteiger charge is 2.31. The fourth-order valence-corrected chi connectivity index (χ4v) is 14.8. The molecule has 0 spiro atoms. The first-order chi connectivity index (χ1) is 60.1. The molecule has 0 aliphatic carbocycles. The molecule has 13 heterocycles. The number of pyridine rings is 9. The summed E-state index contributed by atoms with van der Waals surface area (Å²) in [4.78, 5) is 86.4. The molecule has 4 atom stereocenters. The van der Waals surface area contributed by atoms with Gasteiger partial charge in [0.15, 0.2) is 0 Å². The minimum absolute atomic E-state index is 0.0832. The average Bonchev–Trinajstić information content (AvgIpc) is 1.65. The monoisotopic (exact) mass is 1650 g/mol. The smallest absolute Gasteiger partial charge is 0.250 e. The summed E-state index contributed by atoms with van der Waals surface area (Å²) in [7, 11) is 1.64. The van der Waals surface area contributed by atoms with Crippen LogP contribution in [0.1, 0.15) is 91.4 Å². The molecule has 626 valence electrons. The minimum atomic E-state index is -0.541. The number of carbonyl (C=O) groups is 4. The molecule has 27 heteroatoms. The Bertz CT molecular complexity index is 6040. The van der Waals surface area contributed by atoms with Crippen molar-refractivity contribution in [2.24, 2.45) is 23.3 Å². The number of ether oxygens (including phenoxy) is 10. The summed E-state index contributed by atoms with van der Waals surface area (Å²) in [5, 5.41) is 9.39. The van der Waals surface area contributed by atoms with Crippen LogP contribution >= 0.6 is 0 Å². The van der Waals surface area contributed by atoms with Crippen LogP contribution in [0.25, 0.3) is 88.1 Å². The molecule has 0 unspecified atom stereocenters. The van der Waals surface area contributed by atoms with Gasteiger partial charge < -0.3 is 69.5 Å². The Morgan fingerprint density at radius 3 is 1.15 bits per heavy atom. The Kier molecular flexibility index (Phi) is 27.3. The van der Waals surface area contributed by atoms with Gasteiger partial charge in [0.1, 0.15) is 66.4 Å². The van der Waals surface area contributed by atoms with Gasteiger partial charge in [0.25, 0.3) is 11.8 Å². The molecular formula is C96H93N13O14. The van der Waals surface area contributed by atoms with Crippen molar-refractivity contribution >= 4 is 67.2 Å². The molecule has 4 aliphatic rings. The summed E-state index contributed by atoms with van der Waals surface area (Å²) in [6.45, 7) is 11.0. The van der Waals surface area contributed by atoms with E-state index in [1.54, 1.807) is 81.0 Å². The van der Waals surface area contributed by atoms with Crippen LogP contribution in [0.3, 0.4) is 0 Å². The largest absolute Gasteiger partial charge is 0.497 e. The van der Waals surface area contributed by atoms with E-state index in [0.717, 1.165) is 157 Å². The lowest BCUT2D eigenvalue weighted by atomic mass is 10.0. The number of hydrogen-bond acceptors (Lipinski definition) is 23. The van der Waals surface area contributed by atoms with E-state index in [2.05, 4.69) is 55.5 Å². The number of methoxy groups -OCH3 is 1. The molecule has 0 radical (unpaired) electrons. The van der Waals surface area contributed by atoms with Gasteiger partial charge in [-0.05, 0) is 200 Å². The zero-order valence-corrected chi connectivity index (χ0v) is 68.5. The molecule has 14 aromatic rings. The van der Waals surface area contributed by atoms with Gasteiger partial charge in [-0.3, -0.25) is 49.1 Å². The molecule has 6 N–H and O–H groups in total. The van der Waals surface area contributed by atoms with Crippen LogP contribution in [0.5, 0.6) is 46.4 Å². The maximum Gasteiger partial charge on any atom is 0.250 e. The maximum absolute atomic E-state index is 11.7. The number of amides is 4. The second-order valence-corrected chi connectivity index (χ2v) is 29.8. The number of nitrogens with one attached hydrogen (secondary N) is 2. The Morgan fingerprint density at radius 2 is 0.789 bits per heavy atom. The van der Waals surface area contributed by atoms with Crippen molar-refractivity contribution in [2.45, 2.75) is 96.9 Å². The van der Waals surface area contributed by atoms with E-state index in [-0.39, 0.29) is 61.3 Å². The van der Waals surface area contributed by atoms with E-state index < -0.39 is 11.8 Å². The van der Waals surface area contributed by atoms with Gasteiger partial charge in [-0.1, -0.05) is 12.1 Å². The van der Waals surface area contributed by atoms with E-state index in [1.165, 1.54) is 0 Å². The van der Waals surface area contributed by atoms with Crippen LogP contribution in [-0.4, -0.2) is 146 Å². The molecule has 0 bridgehead atoms. The van der Waals surface area contributed by atoms with Crippen molar-refractivity contribution in [1.82, 2.24) is 55.5 Å². The van der Waals surface area contributed by atoms with Crippen molar-refractivity contribution in [2.75, 3.05) is 53.2 Å². The molecule has 4 aliphatic heterocycles. The first-order valence-electron chi connectivity index (χ1n) is 40.9. The Morgan fingerprint density at radius 1 is 0.415 bits per heavy atom. The second kappa shape index (κ2) is 40.2. The summed E-state index contributed by atoms with van der Waals surface area (Å²) in [5.41, 5.74) is 23.5. The van der Waals surface area contributed by atoms with Crippen molar-refractivity contribution in [3.63, 3.8) is 0 Å². The van der Waals surface area contributed by atoms with E-state index in [0.29, 0.717) is 84.2 Å². The van der Waals surface area contributed by atoms with Gasteiger partial charge in [-0.25, -0.2) is 15.0 Å². The van der Waals surface area contributed by atoms with Crippen molar-refractivity contribution in [3.05, 3.63) is 260 Å². The number of benzene rings is 5. The van der Waals surface area contributed by atoms with Gasteiger partial charge in [0.2, 0.25) is 29.5 Å². The van der Waals surface area contributed by atoms with Crippen LogP contribution in [0.2, 0.25) is 0 Å². The van der Waals surface area contributed by atoms with Crippen LogP contribution in [0.15, 0.2) is 238 Å². The normalized spacial score (nSPS) is 15.6. The van der Waals surface area contributed by atoms with E-state index in [9.17, 15) is 19.2 Å². The highest BCUT2D eigenvalue weighted by Crippen LogP contribution is 2.39. The molecule has 123 heavy (non-hydrogen) atoms. The fraction of sp³-hybridized carbons (Fsp3) is 0.260. The lowest BCUT2D eigenvalue weighted by Crippen LogP contribution is -2.26. The zero-order valence-electron chi connectivity index (χ0n) is 68.5. The molecule has 0 saturated carbocycles. The average molecular weight is 1650 g/mol. The van der Waals surface area contributed by atoms with Crippen molar-refractivity contribution in [1.29, 1.82) is 0 Å². The van der Waals surface area contributed by atoms with Gasteiger partial charge >= 0.3 is 0 Å². The van der Waals surface area contributed by atoms with Crippen LogP contribution in [-0.2, 0) is 32.3 Å². The van der Waals surface area contributed by atoms with E-state index >= 15 is 0 Å². The molecule has 4 amide bonds. The Labute approximate surface area is 710 Å². The Hall–Kier alpha value is -14.3. The van der Waals surface area contributed by atoms with Crippen molar-refractivity contribution in [3.8, 4) is 90.9 Å². The molecular weight excluding hydrogens is 1560 g/mol. The number of rotatable bonds is 25. The summed E-state index contributed by atoms with van der Waals surface area (Å²) >= 11 is 0. The first-order valence-corrected chi connectivity index (χ1v) is 40.9. The summed E-state index contributed by atoms with van der Waals surface area (Å²) in [6, 6.07) is 57.5. The number of fused-ring (bicyclic) bond motifs is 4. The van der Waals surface area contributed by atoms with Gasteiger partial charge in [0, 0.05) is 176 Å². The second-order valence-electron chi connectivity index (χ2n) is 29.8. The van der Waals surface area contributed by atoms with Gasteiger partial charge in [-0.15, -0.1) is 0 Å². The third-order valence-corrected chi connectivity index (χ3v) is 21.6. The number of nitrogens with zero attached hydrogens (tertiary/aromatic N) is 9. The van der Waals surface area contributed by atoms with Crippen molar-refractivity contribution < 1.29 is 66.5 Å². The number of nitrogens with two attached hydrogens (primary N) is 2. The third-order valence-electron chi connectivity index (χ3n) is 21.6. The predicted molar refractivity (Wildman–Crippen MR) is 465 cm³/mol. The lowest BCUT2D eigenvalue weighted by Gasteiger charge is -2.22. The standard InChI is InChI=1S/C26H24N4O4.C25H27N3O4.C23H19N3O3.C22H23N3O3/c27-26(31)21-4-2-10-29-23(21)16-33-24-14-18(13-22-20(24)3-1-9-28-22)17-5-6-25(30-15-17)34-19-7-11-32-12-8-19;1-16(19-13-24(29)27-15-19)31-23-12-18(11-22-21(23)3-2-8-26-22)17-4-5-25(28-14-17)32-20-6-9-30-10-7-20;1-28-17-6-2-5-15(11-17)16-12-20-18(7-3-9-25-20)22(13-16)29-14-21-19(23(24)27)8-4-10-26-21;1-3-27-22-7-6-15(12-25-22)16-9-19-18(5-4-8-23-19)20(10-16)28-14(2)17-11-21(26)24-13-17/h1-6,9-10,13-15,19H,7-8,11-12,16H2,(H2,27,31);2-5,8,11-12,14,16,19-20H,6-7,9-10,13,15H2,1H3,(H,27,29);2-13H,14H2,1H3,(H2,24,27);4-10,12,14,17H,3,11,13H2,1-2H3,(H,24,26)/t;16-,19-;;14-,17-/m.1.1/s1. The van der Waals surface area contributed by atoms with Crippen LogP contribution in [0.4, 0.5) is 0 Å².